The third-order valence-electron chi connectivity index (χ3n) is 5.63. The summed E-state index contributed by atoms with van der Waals surface area (Å²) in [5.41, 5.74) is 2.37. The monoisotopic (exact) mass is 430 g/mol. The summed E-state index contributed by atoms with van der Waals surface area (Å²) in [5.74, 6) is -2.37. The van der Waals surface area contributed by atoms with Gasteiger partial charge in [-0.2, -0.15) is 4.39 Å². The van der Waals surface area contributed by atoms with E-state index >= 15 is 0 Å². The van der Waals surface area contributed by atoms with E-state index in [2.05, 4.69) is 0 Å². The molecule has 0 saturated heterocycles. The van der Waals surface area contributed by atoms with Crippen molar-refractivity contribution in [3.05, 3.63) is 75.9 Å². The number of ether oxygens (including phenoxy) is 1. The van der Waals surface area contributed by atoms with Crippen LogP contribution < -0.4 is 4.74 Å². The van der Waals surface area contributed by atoms with Gasteiger partial charge in [-0.1, -0.05) is 24.3 Å². The van der Waals surface area contributed by atoms with Crippen molar-refractivity contribution in [1.82, 2.24) is 0 Å². The van der Waals surface area contributed by atoms with E-state index in [-0.39, 0.29) is 23.0 Å². The van der Waals surface area contributed by atoms with E-state index in [1.54, 1.807) is 51.1 Å². The Hall–Kier alpha value is -3.02. The molecular weight excluding hydrogens is 408 g/mol. The third kappa shape index (κ3) is 3.64. The van der Waals surface area contributed by atoms with Crippen molar-refractivity contribution in [2.24, 2.45) is 0 Å². The summed E-state index contributed by atoms with van der Waals surface area (Å²) in [6.45, 7) is 6.74. The van der Waals surface area contributed by atoms with Gasteiger partial charge in [-0.3, -0.25) is 0 Å². The predicted octanol–water partition coefficient (Wildman–Crippen LogP) is 7.47. The van der Waals surface area contributed by atoms with Crippen LogP contribution in [0.1, 0.15) is 35.6 Å². The molecular formula is C25H22F4O2. The van der Waals surface area contributed by atoms with Gasteiger partial charge in [0.25, 0.3) is 0 Å². The molecule has 0 spiro atoms. The van der Waals surface area contributed by atoms with E-state index in [9.17, 15) is 17.6 Å². The molecule has 6 heteroatoms. The van der Waals surface area contributed by atoms with Crippen LogP contribution in [-0.2, 0) is 6.42 Å². The van der Waals surface area contributed by atoms with Crippen molar-refractivity contribution in [1.29, 1.82) is 0 Å². The number of halogens is 4. The van der Waals surface area contributed by atoms with E-state index in [1.807, 2.05) is 6.92 Å². The van der Waals surface area contributed by atoms with Crippen LogP contribution in [0.25, 0.3) is 21.9 Å². The molecule has 0 bridgehead atoms. The zero-order chi connectivity index (χ0) is 22.4. The molecule has 1 aliphatic heterocycles. The lowest BCUT2D eigenvalue weighted by molar-refractivity contribution is 0.180. The second-order valence-corrected chi connectivity index (χ2v) is 8.03. The van der Waals surface area contributed by atoms with Crippen molar-refractivity contribution in [3.63, 3.8) is 0 Å². The molecule has 0 radical (unpaired) electrons. The van der Waals surface area contributed by atoms with Gasteiger partial charge < -0.3 is 9.15 Å². The van der Waals surface area contributed by atoms with Crippen molar-refractivity contribution in [3.8, 4) is 5.75 Å². The summed E-state index contributed by atoms with van der Waals surface area (Å²) >= 11 is 0. The minimum absolute atomic E-state index is 0.0286. The second kappa shape index (κ2) is 7.91. The predicted molar refractivity (Wildman–Crippen MR) is 113 cm³/mol. The maximum absolute atomic E-state index is 13.9. The lowest BCUT2D eigenvalue weighted by Gasteiger charge is -2.24. The zero-order valence-corrected chi connectivity index (χ0v) is 17.7. The summed E-state index contributed by atoms with van der Waals surface area (Å²) in [6, 6.07) is 8.52. The normalized spacial score (nSPS) is 15.4. The number of hydrogen-bond donors (Lipinski definition) is 0. The van der Waals surface area contributed by atoms with Crippen molar-refractivity contribution >= 4 is 21.9 Å². The van der Waals surface area contributed by atoms with E-state index in [1.165, 1.54) is 0 Å². The molecule has 0 saturated carbocycles. The Labute approximate surface area is 177 Å². The largest absolute Gasteiger partial charge is 0.487 e. The molecule has 4 aromatic rings. The highest BCUT2D eigenvalue weighted by atomic mass is 19.2. The van der Waals surface area contributed by atoms with Gasteiger partial charge in [-0.05, 0) is 68.9 Å². The molecule has 1 aromatic heterocycles. The van der Waals surface area contributed by atoms with Gasteiger partial charge in [0.1, 0.15) is 0 Å². The quantitative estimate of drug-likeness (QED) is 0.270. The van der Waals surface area contributed by atoms with Crippen LogP contribution in [-0.4, -0.2) is 6.10 Å². The Morgan fingerprint density at radius 1 is 0.742 bits per heavy atom. The van der Waals surface area contributed by atoms with Crippen LogP contribution in [0.4, 0.5) is 17.6 Å². The average molecular weight is 430 g/mol. The molecule has 162 valence electrons. The van der Waals surface area contributed by atoms with Gasteiger partial charge in [-0.25, -0.2) is 13.2 Å². The maximum atomic E-state index is 13.9. The fraction of sp³-hybridized carbons (Fsp3) is 0.280. The Balaban J connectivity index is 0.000000152. The number of aryl methyl sites for hydroxylation is 4. The summed E-state index contributed by atoms with van der Waals surface area (Å²) in [4.78, 5) is 0. The molecule has 31 heavy (non-hydrogen) atoms. The lowest BCUT2D eigenvalue weighted by atomic mass is 10.0. The first-order chi connectivity index (χ1) is 14.7. The van der Waals surface area contributed by atoms with Crippen LogP contribution >= 0.6 is 0 Å². The van der Waals surface area contributed by atoms with Gasteiger partial charge in [-0.15, -0.1) is 0 Å². The van der Waals surface area contributed by atoms with Gasteiger partial charge in [0.05, 0.1) is 6.10 Å². The second-order valence-electron chi connectivity index (χ2n) is 8.03. The number of rotatable bonds is 0. The highest BCUT2D eigenvalue weighted by molar-refractivity contribution is 6.05. The van der Waals surface area contributed by atoms with Gasteiger partial charge >= 0.3 is 0 Å². The van der Waals surface area contributed by atoms with Gasteiger partial charge in [0.2, 0.25) is 5.82 Å². The van der Waals surface area contributed by atoms with Crippen molar-refractivity contribution in [2.45, 2.75) is 46.6 Å². The van der Waals surface area contributed by atoms with Crippen LogP contribution in [0.2, 0.25) is 0 Å². The minimum atomic E-state index is -0.841. The topological polar surface area (TPSA) is 22.4 Å². The van der Waals surface area contributed by atoms with Crippen LogP contribution in [0, 0.1) is 44.0 Å². The number of hydrogen-bond acceptors (Lipinski definition) is 2. The number of furan rings is 1. The molecule has 0 fully saturated rings. The number of fused-ring (bicyclic) bond motifs is 4. The summed E-state index contributed by atoms with van der Waals surface area (Å²) in [6.07, 6.45) is 1.59. The summed E-state index contributed by atoms with van der Waals surface area (Å²) < 4.78 is 64.9. The Morgan fingerprint density at radius 3 is 1.84 bits per heavy atom. The lowest BCUT2D eigenvalue weighted by Crippen LogP contribution is -2.20. The standard InChI is InChI=1S/C14H10F2O.C11H12F2O/c1-7-3-5-9-10-6-4-8(2)12(16)14(10)17-13(9)11(7)15;1-6-5-8-4-3-7(2)14-11(8)10(13)9(6)12/h3-6H,1-2H3;5,7H,3-4H2,1-2H3. The Bertz CT molecular complexity index is 1240. The molecule has 0 aliphatic carbocycles. The molecule has 2 nitrogen and oxygen atoms in total. The first-order valence-corrected chi connectivity index (χ1v) is 10.1. The molecule has 3 aromatic carbocycles. The van der Waals surface area contributed by atoms with E-state index in [0.29, 0.717) is 27.5 Å². The SMILES string of the molecule is Cc1cc2c(c(F)c1F)OC(C)CC2.Cc1ccc2c(oc3c(F)c(C)ccc32)c1F. The molecule has 2 heterocycles. The van der Waals surface area contributed by atoms with E-state index in [0.717, 1.165) is 18.4 Å². The van der Waals surface area contributed by atoms with E-state index < -0.39 is 23.3 Å². The first kappa shape index (κ1) is 21.2. The minimum Gasteiger partial charge on any atom is -0.487 e. The van der Waals surface area contributed by atoms with Gasteiger partial charge in [0, 0.05) is 10.8 Å². The van der Waals surface area contributed by atoms with Crippen LogP contribution in [0.3, 0.4) is 0 Å². The molecule has 0 amide bonds. The van der Waals surface area contributed by atoms with Crippen LogP contribution in [0.5, 0.6) is 5.75 Å². The highest BCUT2D eigenvalue weighted by Gasteiger charge is 2.23. The molecule has 1 aliphatic rings. The average Bonchev–Trinajstić information content (AvgIpc) is 3.13. The molecule has 0 N–H and O–H groups in total. The smallest absolute Gasteiger partial charge is 0.201 e. The zero-order valence-electron chi connectivity index (χ0n) is 17.7. The van der Waals surface area contributed by atoms with Gasteiger partial charge in [0.15, 0.2) is 34.4 Å². The highest BCUT2D eigenvalue weighted by Crippen LogP contribution is 2.34. The number of benzene rings is 3. The third-order valence-corrected chi connectivity index (χ3v) is 5.63. The van der Waals surface area contributed by atoms with Crippen molar-refractivity contribution in [2.75, 3.05) is 0 Å². The summed E-state index contributed by atoms with van der Waals surface area (Å²) in [5, 5.41) is 1.23. The maximum Gasteiger partial charge on any atom is 0.201 e. The molecule has 1 unspecified atom stereocenters. The fourth-order valence-electron chi connectivity index (χ4n) is 3.77. The van der Waals surface area contributed by atoms with Crippen molar-refractivity contribution < 1.29 is 26.7 Å². The summed E-state index contributed by atoms with van der Waals surface area (Å²) in [7, 11) is 0. The fourth-order valence-corrected chi connectivity index (χ4v) is 3.77. The van der Waals surface area contributed by atoms with E-state index in [4.69, 9.17) is 9.15 Å². The Kier molecular flexibility index (Phi) is 5.42. The molecule has 1 atom stereocenters. The van der Waals surface area contributed by atoms with Crippen LogP contribution in [0.15, 0.2) is 34.7 Å². The first-order valence-electron chi connectivity index (χ1n) is 10.1. The molecule has 5 rings (SSSR count). The Morgan fingerprint density at radius 2 is 1.29 bits per heavy atom.